The van der Waals surface area contributed by atoms with Crippen molar-refractivity contribution in [3.05, 3.63) is 34.3 Å². The van der Waals surface area contributed by atoms with Gasteiger partial charge in [0, 0.05) is 9.86 Å². The lowest BCUT2D eigenvalue weighted by molar-refractivity contribution is -0.136. The van der Waals surface area contributed by atoms with E-state index in [-0.39, 0.29) is 11.0 Å². The summed E-state index contributed by atoms with van der Waals surface area (Å²) in [4.78, 5) is 0. The second kappa shape index (κ2) is 3.64. The third-order valence-electron chi connectivity index (χ3n) is 2.55. The van der Waals surface area contributed by atoms with Crippen LogP contribution in [0.3, 0.4) is 0 Å². The molecule has 1 aromatic carbocycles. The Bertz CT molecular complexity index is 750. The zero-order chi connectivity index (χ0) is 12.9. The molecule has 92 valence electrons. The molecule has 0 spiro atoms. The van der Waals surface area contributed by atoms with Crippen molar-refractivity contribution >= 4 is 32.5 Å². The van der Waals surface area contributed by atoms with Crippen molar-refractivity contribution in [1.82, 2.24) is 20.0 Å². The lowest BCUT2D eigenvalue weighted by Gasteiger charge is -2.11. The van der Waals surface area contributed by atoms with Crippen LogP contribution in [0.2, 0.25) is 0 Å². The van der Waals surface area contributed by atoms with Gasteiger partial charge in [-0.05, 0) is 34.7 Å². The molecule has 0 N–H and O–H groups in total. The maximum atomic E-state index is 13.0. The van der Waals surface area contributed by atoms with Crippen LogP contribution in [0, 0.1) is 0 Å². The standard InChI is InChI=1S/C10H4BrF3N4/c11-5-1-2-8-6(3-5)7(10(12,13)14)4-9-15-16-17-18(8)9/h1-4H. The van der Waals surface area contributed by atoms with Gasteiger partial charge in [0.25, 0.3) is 0 Å². The molecule has 3 aromatic rings. The van der Waals surface area contributed by atoms with E-state index >= 15 is 0 Å². The Morgan fingerprint density at radius 2 is 1.94 bits per heavy atom. The van der Waals surface area contributed by atoms with Gasteiger partial charge in [-0.1, -0.05) is 15.9 Å². The normalized spacial score (nSPS) is 12.4. The predicted octanol–water partition coefficient (Wildman–Crippen LogP) is 3.06. The van der Waals surface area contributed by atoms with Gasteiger partial charge in [-0.25, -0.2) is 0 Å². The van der Waals surface area contributed by atoms with Gasteiger partial charge in [-0.15, -0.1) is 5.10 Å². The van der Waals surface area contributed by atoms with Crippen molar-refractivity contribution in [3.8, 4) is 0 Å². The second-order valence-corrected chi connectivity index (χ2v) is 4.58. The van der Waals surface area contributed by atoms with Crippen molar-refractivity contribution in [2.45, 2.75) is 6.18 Å². The molecule has 2 heterocycles. The Morgan fingerprint density at radius 1 is 1.17 bits per heavy atom. The lowest BCUT2D eigenvalue weighted by Crippen LogP contribution is -2.07. The van der Waals surface area contributed by atoms with Gasteiger partial charge in [0.1, 0.15) is 0 Å². The van der Waals surface area contributed by atoms with Gasteiger partial charge in [0.15, 0.2) is 5.65 Å². The molecule has 3 rings (SSSR count). The number of hydrogen-bond acceptors (Lipinski definition) is 3. The largest absolute Gasteiger partial charge is 0.417 e. The number of tetrazole rings is 1. The number of fused-ring (bicyclic) bond motifs is 3. The Hall–Kier alpha value is -1.70. The second-order valence-electron chi connectivity index (χ2n) is 3.67. The highest BCUT2D eigenvalue weighted by atomic mass is 79.9. The summed E-state index contributed by atoms with van der Waals surface area (Å²) in [6.07, 6.45) is -4.45. The summed E-state index contributed by atoms with van der Waals surface area (Å²) in [5, 5.41) is 10.7. The zero-order valence-corrected chi connectivity index (χ0v) is 10.2. The molecule has 0 fully saturated rings. The summed E-state index contributed by atoms with van der Waals surface area (Å²) >= 11 is 3.16. The fraction of sp³-hybridized carbons (Fsp3) is 0.100. The molecule has 0 bridgehead atoms. The maximum absolute atomic E-state index is 13.0. The zero-order valence-electron chi connectivity index (χ0n) is 8.61. The Kier molecular flexibility index (Phi) is 2.31. The van der Waals surface area contributed by atoms with Crippen LogP contribution in [-0.2, 0) is 6.18 Å². The van der Waals surface area contributed by atoms with E-state index in [1.807, 2.05) is 0 Å². The van der Waals surface area contributed by atoms with Gasteiger partial charge < -0.3 is 0 Å². The molecule has 4 nitrogen and oxygen atoms in total. The van der Waals surface area contributed by atoms with Gasteiger partial charge >= 0.3 is 6.18 Å². The minimum absolute atomic E-state index is 0.0525. The first-order valence-corrected chi connectivity index (χ1v) is 5.64. The summed E-state index contributed by atoms with van der Waals surface area (Å²) < 4.78 is 40.8. The summed E-state index contributed by atoms with van der Waals surface area (Å²) in [5.41, 5.74) is -0.369. The highest BCUT2D eigenvalue weighted by molar-refractivity contribution is 9.10. The minimum Gasteiger partial charge on any atom is -0.193 e. The molecule has 0 saturated heterocycles. The molecule has 8 heteroatoms. The quantitative estimate of drug-likeness (QED) is 0.640. The smallest absolute Gasteiger partial charge is 0.193 e. The maximum Gasteiger partial charge on any atom is 0.417 e. The molecule has 0 amide bonds. The highest BCUT2D eigenvalue weighted by Crippen LogP contribution is 2.36. The van der Waals surface area contributed by atoms with E-state index in [1.165, 1.54) is 16.6 Å². The average Bonchev–Trinajstić information content (AvgIpc) is 2.74. The molecule has 0 atom stereocenters. The first-order chi connectivity index (χ1) is 8.47. The van der Waals surface area contributed by atoms with Gasteiger partial charge in [-0.3, -0.25) is 0 Å². The number of rotatable bonds is 0. The van der Waals surface area contributed by atoms with E-state index in [9.17, 15) is 13.2 Å². The summed E-state index contributed by atoms with van der Waals surface area (Å²) in [7, 11) is 0. The summed E-state index contributed by atoms with van der Waals surface area (Å²) in [6, 6.07) is 5.52. The molecule has 0 aliphatic heterocycles. The van der Waals surface area contributed by atoms with Crippen LogP contribution in [0.25, 0.3) is 16.6 Å². The number of benzene rings is 1. The van der Waals surface area contributed by atoms with Crippen LogP contribution in [0.5, 0.6) is 0 Å². The number of aromatic nitrogens is 4. The van der Waals surface area contributed by atoms with Crippen LogP contribution < -0.4 is 0 Å². The van der Waals surface area contributed by atoms with E-state index in [0.717, 1.165) is 6.07 Å². The lowest BCUT2D eigenvalue weighted by atomic mass is 10.1. The van der Waals surface area contributed by atoms with Crippen molar-refractivity contribution in [2.24, 2.45) is 0 Å². The van der Waals surface area contributed by atoms with Gasteiger partial charge in [0.05, 0.1) is 11.1 Å². The summed E-state index contributed by atoms with van der Waals surface area (Å²) in [6.45, 7) is 0. The van der Waals surface area contributed by atoms with Crippen molar-refractivity contribution in [2.75, 3.05) is 0 Å². The molecular weight excluding hydrogens is 313 g/mol. The van der Waals surface area contributed by atoms with E-state index in [0.29, 0.717) is 9.99 Å². The monoisotopic (exact) mass is 316 g/mol. The van der Waals surface area contributed by atoms with Gasteiger partial charge in [0.2, 0.25) is 0 Å². The molecular formula is C10H4BrF3N4. The number of hydrogen-bond donors (Lipinski definition) is 0. The molecule has 0 aliphatic carbocycles. The molecule has 0 radical (unpaired) electrons. The molecule has 0 aliphatic rings. The number of nitrogens with zero attached hydrogens (tertiary/aromatic N) is 4. The Balaban J connectivity index is 2.54. The SMILES string of the molecule is FC(F)(F)c1cc2nnnn2c2ccc(Br)cc12. The van der Waals surface area contributed by atoms with E-state index < -0.39 is 11.7 Å². The fourth-order valence-electron chi connectivity index (χ4n) is 1.81. The van der Waals surface area contributed by atoms with E-state index in [4.69, 9.17) is 0 Å². The first-order valence-electron chi connectivity index (χ1n) is 4.84. The average molecular weight is 317 g/mol. The predicted molar refractivity (Wildman–Crippen MR) is 61.0 cm³/mol. The number of alkyl halides is 3. The summed E-state index contributed by atoms with van der Waals surface area (Å²) in [5.74, 6) is 0. The molecule has 18 heavy (non-hydrogen) atoms. The minimum atomic E-state index is -4.45. The molecule has 0 unspecified atom stereocenters. The van der Waals surface area contributed by atoms with Crippen molar-refractivity contribution in [1.29, 1.82) is 0 Å². The first kappa shape index (κ1) is 11.4. The number of pyridine rings is 1. The van der Waals surface area contributed by atoms with Crippen molar-refractivity contribution < 1.29 is 13.2 Å². The van der Waals surface area contributed by atoms with Crippen LogP contribution in [0.4, 0.5) is 13.2 Å². The number of halogens is 4. The van der Waals surface area contributed by atoms with Crippen LogP contribution in [0.1, 0.15) is 5.56 Å². The molecule has 0 saturated carbocycles. The third kappa shape index (κ3) is 1.64. The van der Waals surface area contributed by atoms with Crippen LogP contribution in [0.15, 0.2) is 28.7 Å². The third-order valence-corrected chi connectivity index (χ3v) is 3.04. The van der Waals surface area contributed by atoms with E-state index in [2.05, 4.69) is 31.5 Å². The highest BCUT2D eigenvalue weighted by Gasteiger charge is 2.33. The topological polar surface area (TPSA) is 43.1 Å². The van der Waals surface area contributed by atoms with Crippen LogP contribution in [-0.4, -0.2) is 20.0 Å². The van der Waals surface area contributed by atoms with Crippen molar-refractivity contribution in [3.63, 3.8) is 0 Å². The Morgan fingerprint density at radius 3 is 2.67 bits per heavy atom. The fourth-order valence-corrected chi connectivity index (χ4v) is 2.17. The van der Waals surface area contributed by atoms with E-state index in [1.54, 1.807) is 6.07 Å². The van der Waals surface area contributed by atoms with Crippen LogP contribution >= 0.6 is 15.9 Å². The van der Waals surface area contributed by atoms with Gasteiger partial charge in [-0.2, -0.15) is 17.7 Å². The molecule has 2 aromatic heterocycles. The Labute approximate surface area is 107 Å².